The van der Waals surface area contributed by atoms with Crippen molar-refractivity contribution in [3.8, 4) is 6.07 Å². The summed E-state index contributed by atoms with van der Waals surface area (Å²) in [6.07, 6.45) is 3.54. The molecular weight excluding hydrogens is 164 g/mol. The van der Waals surface area contributed by atoms with Gasteiger partial charge in [-0.1, -0.05) is 13.8 Å². The molecule has 0 aliphatic heterocycles. The van der Waals surface area contributed by atoms with Gasteiger partial charge in [-0.25, -0.2) is 0 Å². The smallest absolute Gasteiger partial charge is 0.0927 e. The maximum Gasteiger partial charge on any atom is 0.0927 e. The van der Waals surface area contributed by atoms with Gasteiger partial charge in [0.05, 0.1) is 18.3 Å². The number of nitrogens with one attached hydrogen (secondary N) is 2. The van der Waals surface area contributed by atoms with Crippen molar-refractivity contribution < 1.29 is 0 Å². The lowest BCUT2D eigenvalue weighted by Gasteiger charge is -2.02. The average Bonchev–Trinajstić information content (AvgIpc) is 2.70. The van der Waals surface area contributed by atoms with Gasteiger partial charge in [0.15, 0.2) is 0 Å². The van der Waals surface area contributed by atoms with Gasteiger partial charge in [-0.15, -0.1) is 0 Å². The van der Waals surface area contributed by atoms with E-state index in [1.807, 2.05) is 20.8 Å². The SMILES string of the molecule is CC.CC(C#N)NCc1cn[nH]c1. The summed E-state index contributed by atoms with van der Waals surface area (Å²) in [5, 5.41) is 17.9. The third-order valence-electron chi connectivity index (χ3n) is 1.36. The van der Waals surface area contributed by atoms with Crippen molar-refractivity contribution in [1.29, 1.82) is 5.26 Å². The number of aromatic amines is 1. The Labute approximate surface area is 79.0 Å². The fourth-order valence-corrected chi connectivity index (χ4v) is 0.691. The van der Waals surface area contributed by atoms with Crippen molar-refractivity contribution in [3.63, 3.8) is 0 Å². The van der Waals surface area contributed by atoms with Crippen LogP contribution in [0.15, 0.2) is 12.4 Å². The fraction of sp³-hybridized carbons (Fsp3) is 0.556. The Morgan fingerprint density at radius 3 is 2.85 bits per heavy atom. The minimum atomic E-state index is -0.107. The first kappa shape index (κ1) is 11.7. The van der Waals surface area contributed by atoms with Gasteiger partial charge in [-0.2, -0.15) is 10.4 Å². The zero-order chi connectivity index (χ0) is 10.1. The second-order valence-electron chi connectivity index (χ2n) is 2.34. The third-order valence-corrected chi connectivity index (χ3v) is 1.36. The van der Waals surface area contributed by atoms with Crippen LogP contribution in [0.5, 0.6) is 0 Å². The van der Waals surface area contributed by atoms with Gasteiger partial charge in [-0.05, 0) is 6.92 Å². The molecule has 0 fully saturated rings. The number of nitriles is 1. The number of hydrogen-bond donors (Lipinski definition) is 2. The van der Waals surface area contributed by atoms with E-state index in [-0.39, 0.29) is 6.04 Å². The molecule has 2 N–H and O–H groups in total. The number of rotatable bonds is 3. The Balaban J connectivity index is 0.000000671. The quantitative estimate of drug-likeness (QED) is 0.739. The van der Waals surface area contributed by atoms with E-state index in [0.717, 1.165) is 5.56 Å². The van der Waals surface area contributed by atoms with E-state index in [2.05, 4.69) is 21.6 Å². The van der Waals surface area contributed by atoms with E-state index < -0.39 is 0 Å². The summed E-state index contributed by atoms with van der Waals surface area (Å²) in [7, 11) is 0. The molecule has 0 bridgehead atoms. The van der Waals surface area contributed by atoms with Gasteiger partial charge in [0, 0.05) is 18.3 Å². The maximum absolute atomic E-state index is 8.43. The first-order valence-corrected chi connectivity index (χ1v) is 4.43. The van der Waals surface area contributed by atoms with Crippen LogP contribution in [-0.4, -0.2) is 16.2 Å². The maximum atomic E-state index is 8.43. The molecule has 72 valence electrons. The highest BCUT2D eigenvalue weighted by Gasteiger charge is 1.97. The van der Waals surface area contributed by atoms with E-state index in [1.165, 1.54) is 0 Å². The second-order valence-corrected chi connectivity index (χ2v) is 2.34. The van der Waals surface area contributed by atoms with E-state index in [9.17, 15) is 0 Å². The molecule has 0 aromatic carbocycles. The predicted molar refractivity (Wildman–Crippen MR) is 51.9 cm³/mol. The summed E-state index contributed by atoms with van der Waals surface area (Å²) in [4.78, 5) is 0. The highest BCUT2D eigenvalue weighted by atomic mass is 15.1. The lowest BCUT2D eigenvalue weighted by Crippen LogP contribution is -2.23. The third kappa shape index (κ3) is 4.99. The minimum Gasteiger partial charge on any atom is -0.298 e. The van der Waals surface area contributed by atoms with Crippen LogP contribution in [-0.2, 0) is 6.54 Å². The average molecular weight is 180 g/mol. The molecule has 4 heteroatoms. The van der Waals surface area contributed by atoms with Gasteiger partial charge in [-0.3, -0.25) is 10.4 Å². The number of nitrogens with zero attached hydrogens (tertiary/aromatic N) is 2. The normalized spacial score (nSPS) is 10.9. The molecule has 1 aromatic rings. The molecule has 13 heavy (non-hydrogen) atoms. The Bertz CT molecular complexity index is 235. The molecule has 0 saturated carbocycles. The molecular formula is C9H16N4. The first-order chi connectivity index (χ1) is 6.33. The summed E-state index contributed by atoms with van der Waals surface area (Å²) in [6.45, 7) is 6.51. The van der Waals surface area contributed by atoms with Crippen molar-refractivity contribution in [3.05, 3.63) is 18.0 Å². The van der Waals surface area contributed by atoms with E-state index >= 15 is 0 Å². The highest BCUT2D eigenvalue weighted by molar-refractivity contribution is 5.02. The van der Waals surface area contributed by atoms with Crippen molar-refractivity contribution in [2.75, 3.05) is 0 Å². The van der Waals surface area contributed by atoms with Gasteiger partial charge >= 0.3 is 0 Å². The summed E-state index contributed by atoms with van der Waals surface area (Å²) >= 11 is 0. The van der Waals surface area contributed by atoms with Gasteiger partial charge in [0.25, 0.3) is 0 Å². The lowest BCUT2D eigenvalue weighted by molar-refractivity contribution is 0.642. The van der Waals surface area contributed by atoms with Gasteiger partial charge in [0.1, 0.15) is 0 Å². The van der Waals surface area contributed by atoms with Gasteiger partial charge < -0.3 is 0 Å². The van der Waals surface area contributed by atoms with Crippen LogP contribution in [0.4, 0.5) is 0 Å². The fourth-order valence-electron chi connectivity index (χ4n) is 0.691. The molecule has 0 aliphatic rings. The second kappa shape index (κ2) is 7.32. The molecule has 4 nitrogen and oxygen atoms in total. The van der Waals surface area contributed by atoms with Crippen molar-refractivity contribution in [2.24, 2.45) is 0 Å². The zero-order valence-electron chi connectivity index (χ0n) is 8.33. The Morgan fingerprint density at radius 1 is 1.69 bits per heavy atom. The van der Waals surface area contributed by atoms with E-state index in [0.29, 0.717) is 6.54 Å². The van der Waals surface area contributed by atoms with Crippen LogP contribution in [0.25, 0.3) is 0 Å². The molecule has 1 atom stereocenters. The summed E-state index contributed by atoms with van der Waals surface area (Å²) in [6, 6.07) is 1.98. The lowest BCUT2D eigenvalue weighted by atomic mass is 10.3. The molecule has 0 amide bonds. The molecule has 1 rings (SSSR count). The standard InChI is InChI=1S/C7H10N4.C2H6/c1-6(2-8)9-3-7-4-10-11-5-7;1-2/h4-6,9H,3H2,1H3,(H,10,11);1-2H3. The highest BCUT2D eigenvalue weighted by Crippen LogP contribution is 1.92. The van der Waals surface area contributed by atoms with Crippen LogP contribution < -0.4 is 5.32 Å². The molecule has 0 saturated heterocycles. The predicted octanol–water partition coefficient (Wildman–Crippen LogP) is 1.44. The minimum absolute atomic E-state index is 0.107. The zero-order valence-corrected chi connectivity index (χ0v) is 8.33. The summed E-state index contributed by atoms with van der Waals surface area (Å²) in [5.74, 6) is 0. The monoisotopic (exact) mass is 180 g/mol. The Morgan fingerprint density at radius 2 is 2.38 bits per heavy atom. The van der Waals surface area contributed by atoms with E-state index in [1.54, 1.807) is 12.4 Å². The van der Waals surface area contributed by atoms with Crippen molar-refractivity contribution in [1.82, 2.24) is 15.5 Å². The topological polar surface area (TPSA) is 64.5 Å². The number of aromatic nitrogens is 2. The number of hydrogen-bond acceptors (Lipinski definition) is 3. The van der Waals surface area contributed by atoms with E-state index in [4.69, 9.17) is 5.26 Å². The first-order valence-electron chi connectivity index (χ1n) is 4.43. The largest absolute Gasteiger partial charge is 0.298 e. The Kier molecular flexibility index (Phi) is 6.56. The Hall–Kier alpha value is -1.34. The van der Waals surface area contributed by atoms with Crippen LogP contribution >= 0.6 is 0 Å². The van der Waals surface area contributed by atoms with Crippen molar-refractivity contribution >= 4 is 0 Å². The molecule has 0 radical (unpaired) electrons. The molecule has 0 aliphatic carbocycles. The summed E-state index contributed by atoms with van der Waals surface area (Å²) < 4.78 is 0. The molecule has 1 heterocycles. The van der Waals surface area contributed by atoms with Crippen LogP contribution in [0.1, 0.15) is 26.3 Å². The van der Waals surface area contributed by atoms with Crippen LogP contribution in [0, 0.1) is 11.3 Å². The molecule has 0 spiro atoms. The van der Waals surface area contributed by atoms with Crippen LogP contribution in [0.2, 0.25) is 0 Å². The number of H-pyrrole nitrogens is 1. The summed E-state index contributed by atoms with van der Waals surface area (Å²) in [5.41, 5.74) is 1.06. The molecule has 1 unspecified atom stereocenters. The van der Waals surface area contributed by atoms with Crippen molar-refractivity contribution in [2.45, 2.75) is 33.4 Å². The van der Waals surface area contributed by atoms with Gasteiger partial charge in [0.2, 0.25) is 0 Å². The van der Waals surface area contributed by atoms with Crippen LogP contribution in [0.3, 0.4) is 0 Å². The molecule has 1 aromatic heterocycles.